The van der Waals surface area contributed by atoms with Gasteiger partial charge in [-0.1, -0.05) is 151 Å². The zero-order valence-electron chi connectivity index (χ0n) is 26.4. The number of benzene rings is 5. The highest BCUT2D eigenvalue weighted by atomic mass is 14.8. The van der Waals surface area contributed by atoms with Crippen molar-refractivity contribution >= 4 is 32.6 Å². The van der Waals surface area contributed by atoms with Crippen LogP contribution in [0.5, 0.6) is 0 Å². The van der Waals surface area contributed by atoms with Gasteiger partial charge < -0.3 is 0 Å². The van der Waals surface area contributed by atoms with E-state index in [0.29, 0.717) is 0 Å². The maximum atomic E-state index is 5.25. The second-order valence-electron chi connectivity index (χ2n) is 13.9. The third-order valence-corrected chi connectivity index (χ3v) is 8.69. The second-order valence-corrected chi connectivity index (χ2v) is 13.9. The van der Waals surface area contributed by atoms with Gasteiger partial charge in [0.25, 0.3) is 0 Å². The number of hydrogen-bond acceptors (Lipinski definition) is 2. The molecule has 0 atom stereocenters. The lowest BCUT2D eigenvalue weighted by Gasteiger charge is -2.22. The number of rotatable bonds is 3. The van der Waals surface area contributed by atoms with Gasteiger partial charge in [-0.05, 0) is 56.3 Å². The summed E-state index contributed by atoms with van der Waals surface area (Å²) < 4.78 is 0. The first-order chi connectivity index (χ1) is 21.1. The summed E-state index contributed by atoms with van der Waals surface area (Å²) >= 11 is 0. The van der Waals surface area contributed by atoms with Crippen LogP contribution >= 0.6 is 0 Å². The Labute approximate surface area is 260 Å². The third kappa shape index (κ3) is 4.95. The van der Waals surface area contributed by atoms with Crippen molar-refractivity contribution in [2.75, 3.05) is 0 Å². The SMILES string of the molecule is CC(C)(C)c1ccc2ccc3c(-c4ccc(-c5ccc(-c6ccccc6)c6ccccc56)cc4)cc(C(C)(C)C)nc3c2n1. The van der Waals surface area contributed by atoms with Crippen molar-refractivity contribution in [2.24, 2.45) is 0 Å². The van der Waals surface area contributed by atoms with Gasteiger partial charge in [0.05, 0.1) is 11.0 Å². The molecule has 7 aromatic rings. The van der Waals surface area contributed by atoms with Gasteiger partial charge in [0, 0.05) is 33.0 Å². The molecule has 0 spiro atoms. The van der Waals surface area contributed by atoms with E-state index in [1.807, 2.05) is 0 Å². The Morgan fingerprint density at radius 2 is 0.886 bits per heavy atom. The highest BCUT2D eigenvalue weighted by Gasteiger charge is 2.22. The fourth-order valence-corrected chi connectivity index (χ4v) is 6.16. The average Bonchev–Trinajstić information content (AvgIpc) is 3.03. The average molecular weight is 571 g/mol. The molecule has 0 amide bonds. The van der Waals surface area contributed by atoms with E-state index in [9.17, 15) is 0 Å². The molecule has 7 rings (SSSR count). The van der Waals surface area contributed by atoms with E-state index in [1.165, 1.54) is 44.2 Å². The topological polar surface area (TPSA) is 25.8 Å². The summed E-state index contributed by atoms with van der Waals surface area (Å²) in [7, 11) is 0. The van der Waals surface area contributed by atoms with Crippen molar-refractivity contribution in [3.63, 3.8) is 0 Å². The fraction of sp³-hybridized carbons (Fsp3) is 0.190. The van der Waals surface area contributed by atoms with Gasteiger partial charge in [-0.15, -0.1) is 0 Å². The van der Waals surface area contributed by atoms with Crippen LogP contribution < -0.4 is 0 Å². The van der Waals surface area contributed by atoms with Gasteiger partial charge in [-0.3, -0.25) is 0 Å². The molecule has 0 fully saturated rings. The summed E-state index contributed by atoms with van der Waals surface area (Å²) in [6, 6.07) is 44.0. The van der Waals surface area contributed by atoms with E-state index in [0.717, 1.165) is 33.2 Å². The molecule has 0 N–H and O–H groups in total. The predicted octanol–water partition coefficient (Wildman–Crippen LogP) is 11.5. The molecule has 216 valence electrons. The first-order valence-electron chi connectivity index (χ1n) is 15.5. The molecular weight excluding hydrogens is 532 g/mol. The molecule has 2 aromatic heterocycles. The van der Waals surface area contributed by atoms with E-state index >= 15 is 0 Å². The minimum atomic E-state index is -0.105. The lowest BCUT2D eigenvalue weighted by atomic mass is 9.87. The number of fused-ring (bicyclic) bond motifs is 4. The van der Waals surface area contributed by atoms with Crippen LogP contribution in [0.3, 0.4) is 0 Å². The van der Waals surface area contributed by atoms with Crippen molar-refractivity contribution in [1.82, 2.24) is 9.97 Å². The molecule has 0 aliphatic carbocycles. The summed E-state index contributed by atoms with van der Waals surface area (Å²) in [6.45, 7) is 13.3. The maximum Gasteiger partial charge on any atom is 0.0974 e. The van der Waals surface area contributed by atoms with E-state index in [-0.39, 0.29) is 10.8 Å². The fourth-order valence-electron chi connectivity index (χ4n) is 6.16. The molecular formula is C42H38N2. The molecule has 2 heteroatoms. The standard InChI is InChI=1S/C42H38N2/c1-41(2,3)37-25-21-30-20-22-35-36(26-38(42(4,5)6)44-40(35)39(30)43-37)29-18-16-28(17-19-29)32-24-23-31(27-12-8-7-9-13-27)33-14-10-11-15-34(32)33/h7-26H,1-6H3. The zero-order chi connectivity index (χ0) is 30.6. The summed E-state index contributed by atoms with van der Waals surface area (Å²) in [5, 5.41) is 4.79. The number of pyridine rings is 2. The van der Waals surface area contributed by atoms with Crippen LogP contribution in [0, 0.1) is 0 Å². The molecule has 44 heavy (non-hydrogen) atoms. The molecule has 0 unspecified atom stereocenters. The minimum absolute atomic E-state index is 0.0415. The van der Waals surface area contributed by atoms with Crippen LogP contribution in [0.25, 0.3) is 66.0 Å². The smallest absolute Gasteiger partial charge is 0.0974 e. The van der Waals surface area contributed by atoms with Crippen molar-refractivity contribution < 1.29 is 0 Å². The quantitative estimate of drug-likeness (QED) is 0.197. The van der Waals surface area contributed by atoms with Gasteiger partial charge in [0.2, 0.25) is 0 Å². The van der Waals surface area contributed by atoms with Crippen molar-refractivity contribution in [2.45, 2.75) is 52.4 Å². The van der Waals surface area contributed by atoms with Crippen LogP contribution in [-0.2, 0) is 10.8 Å². The molecule has 0 radical (unpaired) electrons. The Morgan fingerprint density at radius 1 is 0.386 bits per heavy atom. The zero-order valence-corrected chi connectivity index (χ0v) is 26.4. The van der Waals surface area contributed by atoms with Crippen LogP contribution in [0.2, 0.25) is 0 Å². The normalized spacial score (nSPS) is 12.3. The largest absolute Gasteiger partial charge is 0.250 e. The van der Waals surface area contributed by atoms with Gasteiger partial charge in [-0.25, -0.2) is 9.97 Å². The molecule has 0 bridgehead atoms. The van der Waals surface area contributed by atoms with Gasteiger partial charge >= 0.3 is 0 Å². The van der Waals surface area contributed by atoms with Crippen molar-refractivity contribution in [3.8, 4) is 33.4 Å². The Balaban J connectivity index is 1.38. The van der Waals surface area contributed by atoms with Gasteiger partial charge in [0.15, 0.2) is 0 Å². The highest BCUT2D eigenvalue weighted by molar-refractivity contribution is 6.09. The lowest BCUT2D eigenvalue weighted by molar-refractivity contribution is 0.570. The minimum Gasteiger partial charge on any atom is -0.250 e. The van der Waals surface area contributed by atoms with E-state index in [2.05, 4.69) is 163 Å². The Hall–Kier alpha value is -4.82. The molecule has 5 aromatic carbocycles. The monoisotopic (exact) mass is 570 g/mol. The van der Waals surface area contributed by atoms with Crippen molar-refractivity contribution in [1.29, 1.82) is 0 Å². The van der Waals surface area contributed by atoms with Crippen LogP contribution in [0.4, 0.5) is 0 Å². The first kappa shape index (κ1) is 28.0. The summed E-state index contributed by atoms with van der Waals surface area (Å²) in [6.07, 6.45) is 0. The molecule has 0 saturated heterocycles. The Morgan fingerprint density at radius 3 is 1.48 bits per heavy atom. The highest BCUT2D eigenvalue weighted by Crippen LogP contribution is 2.39. The second kappa shape index (κ2) is 10.4. The molecule has 2 heterocycles. The number of nitrogens with zero attached hydrogens (tertiary/aromatic N) is 2. The van der Waals surface area contributed by atoms with Crippen LogP contribution in [0.1, 0.15) is 52.9 Å². The van der Waals surface area contributed by atoms with Gasteiger partial charge in [0.1, 0.15) is 0 Å². The Bertz CT molecular complexity index is 2160. The lowest BCUT2D eigenvalue weighted by Crippen LogP contribution is -2.15. The maximum absolute atomic E-state index is 5.25. The molecule has 2 nitrogen and oxygen atoms in total. The first-order valence-corrected chi connectivity index (χ1v) is 15.5. The van der Waals surface area contributed by atoms with Gasteiger partial charge in [-0.2, -0.15) is 0 Å². The molecule has 0 saturated carbocycles. The van der Waals surface area contributed by atoms with Crippen LogP contribution in [0.15, 0.2) is 121 Å². The molecule has 0 aliphatic rings. The summed E-state index contributed by atoms with van der Waals surface area (Å²) in [5.74, 6) is 0. The van der Waals surface area contributed by atoms with E-state index < -0.39 is 0 Å². The van der Waals surface area contributed by atoms with Crippen molar-refractivity contribution in [3.05, 3.63) is 133 Å². The summed E-state index contributed by atoms with van der Waals surface area (Å²) in [5.41, 5.74) is 11.3. The Kier molecular flexibility index (Phi) is 6.62. The van der Waals surface area contributed by atoms with Crippen LogP contribution in [-0.4, -0.2) is 9.97 Å². The summed E-state index contributed by atoms with van der Waals surface area (Å²) in [4.78, 5) is 10.4. The molecule has 0 aliphatic heterocycles. The van der Waals surface area contributed by atoms with E-state index in [4.69, 9.17) is 9.97 Å². The number of aromatic nitrogens is 2. The third-order valence-electron chi connectivity index (χ3n) is 8.69. The van der Waals surface area contributed by atoms with E-state index in [1.54, 1.807) is 0 Å². The number of hydrogen-bond donors (Lipinski definition) is 0. The predicted molar refractivity (Wildman–Crippen MR) is 188 cm³/mol.